The first-order valence-electron chi connectivity index (χ1n) is 14.0. The van der Waals surface area contributed by atoms with Crippen molar-refractivity contribution in [2.45, 2.75) is 52.0 Å². The highest BCUT2D eigenvalue weighted by Gasteiger charge is 2.40. The van der Waals surface area contributed by atoms with Crippen LogP contribution < -0.4 is 10.1 Å². The summed E-state index contributed by atoms with van der Waals surface area (Å²) < 4.78 is 5.65. The van der Waals surface area contributed by atoms with E-state index in [1.165, 1.54) is 17.8 Å². The average Bonchev–Trinajstić information content (AvgIpc) is 3.39. The predicted octanol–water partition coefficient (Wildman–Crippen LogP) is 5.81. The molecule has 1 aliphatic heterocycles. The number of thiophene rings is 1. The van der Waals surface area contributed by atoms with Crippen LogP contribution in [0, 0.1) is 11.3 Å². The Labute approximate surface area is 240 Å². The topological polar surface area (TPSA) is 87.7 Å². The first-order valence-corrected chi connectivity index (χ1v) is 14.9. The van der Waals surface area contributed by atoms with Gasteiger partial charge in [0.25, 0.3) is 5.91 Å². The number of carbonyl (C=O) groups is 2. The molecule has 1 N–H and O–H groups in total. The number of hydrogen-bond donors (Lipinski definition) is 1. The van der Waals surface area contributed by atoms with Crippen LogP contribution in [-0.4, -0.2) is 71.9 Å². The lowest BCUT2D eigenvalue weighted by Crippen LogP contribution is -2.44. The second-order valence-electron chi connectivity index (χ2n) is 11.7. The molecule has 0 spiro atoms. The fourth-order valence-electron chi connectivity index (χ4n) is 5.53. The number of piperidine rings is 1. The van der Waals surface area contributed by atoms with Crippen LogP contribution in [0.25, 0.3) is 21.8 Å². The molecular weight excluding hydrogens is 522 g/mol. The molecule has 212 valence electrons. The van der Waals surface area contributed by atoms with E-state index in [2.05, 4.69) is 22.2 Å². The Bertz CT molecular complexity index is 1370. The zero-order valence-electron chi connectivity index (χ0n) is 24.1. The van der Waals surface area contributed by atoms with Crippen molar-refractivity contribution < 1.29 is 14.3 Å². The Morgan fingerprint density at radius 1 is 1.10 bits per heavy atom. The van der Waals surface area contributed by atoms with Gasteiger partial charge in [0.05, 0.1) is 47.0 Å². The molecule has 0 atom stereocenters. The highest BCUT2D eigenvalue weighted by atomic mass is 32.1. The lowest BCUT2D eigenvalue weighted by molar-refractivity contribution is -0.128. The van der Waals surface area contributed by atoms with Gasteiger partial charge in [-0.05, 0) is 69.9 Å². The van der Waals surface area contributed by atoms with Gasteiger partial charge in [0, 0.05) is 29.4 Å². The van der Waals surface area contributed by atoms with E-state index >= 15 is 0 Å². The highest BCUT2D eigenvalue weighted by Crippen LogP contribution is 2.42. The SMILES string of the molecule is COc1cc(-c2cncc(-c3cc(NC(=O)C(C)(C)C4CCC4)cs3)n2)ccc1C(=O)N(C)C1CCN(C)CC1. The summed E-state index contributed by atoms with van der Waals surface area (Å²) in [7, 11) is 5.58. The van der Waals surface area contributed by atoms with E-state index in [4.69, 9.17) is 9.72 Å². The van der Waals surface area contributed by atoms with Crippen LogP contribution in [0.3, 0.4) is 0 Å². The van der Waals surface area contributed by atoms with Gasteiger partial charge in [0.2, 0.25) is 5.91 Å². The average molecular weight is 562 g/mol. The third-order valence-corrected chi connectivity index (χ3v) is 9.69. The zero-order chi connectivity index (χ0) is 28.4. The molecule has 2 amide bonds. The summed E-state index contributed by atoms with van der Waals surface area (Å²) in [4.78, 5) is 40.7. The number of nitrogens with zero attached hydrogens (tertiary/aromatic N) is 4. The van der Waals surface area contributed by atoms with Crippen molar-refractivity contribution in [1.29, 1.82) is 0 Å². The van der Waals surface area contributed by atoms with Gasteiger partial charge in [-0.1, -0.05) is 26.3 Å². The van der Waals surface area contributed by atoms with E-state index in [1.54, 1.807) is 19.5 Å². The molecule has 2 aliphatic rings. The smallest absolute Gasteiger partial charge is 0.257 e. The Morgan fingerprint density at radius 3 is 2.50 bits per heavy atom. The number of anilines is 1. The monoisotopic (exact) mass is 561 g/mol. The van der Waals surface area contributed by atoms with E-state index in [0.29, 0.717) is 22.9 Å². The molecule has 1 aliphatic carbocycles. The number of ether oxygens (including phenoxy) is 1. The van der Waals surface area contributed by atoms with Crippen molar-refractivity contribution in [2.75, 3.05) is 39.6 Å². The van der Waals surface area contributed by atoms with Crippen molar-refractivity contribution in [3.05, 3.63) is 47.6 Å². The van der Waals surface area contributed by atoms with Gasteiger partial charge >= 0.3 is 0 Å². The first kappa shape index (κ1) is 28.2. The van der Waals surface area contributed by atoms with E-state index in [9.17, 15) is 9.59 Å². The fourth-order valence-corrected chi connectivity index (χ4v) is 6.33. The Hall–Kier alpha value is -3.30. The molecule has 1 aromatic carbocycles. The van der Waals surface area contributed by atoms with Gasteiger partial charge in [-0.3, -0.25) is 14.6 Å². The molecule has 3 heterocycles. The number of methoxy groups -OCH3 is 1. The summed E-state index contributed by atoms with van der Waals surface area (Å²) in [5.41, 5.74) is 3.17. The number of likely N-dealkylation sites (tertiary alicyclic amines) is 1. The number of hydrogen-bond acceptors (Lipinski definition) is 7. The van der Waals surface area contributed by atoms with Crippen LogP contribution in [0.4, 0.5) is 5.69 Å². The predicted molar refractivity (Wildman–Crippen MR) is 160 cm³/mol. The van der Waals surface area contributed by atoms with E-state index in [0.717, 1.165) is 60.6 Å². The minimum Gasteiger partial charge on any atom is -0.496 e. The Balaban J connectivity index is 1.31. The summed E-state index contributed by atoms with van der Waals surface area (Å²) >= 11 is 1.52. The molecule has 0 unspecified atom stereocenters. The number of benzene rings is 1. The summed E-state index contributed by atoms with van der Waals surface area (Å²) in [6.07, 6.45) is 8.81. The Kier molecular flexibility index (Phi) is 8.24. The van der Waals surface area contributed by atoms with E-state index in [1.807, 2.05) is 55.4 Å². The lowest BCUT2D eigenvalue weighted by Gasteiger charge is -2.38. The van der Waals surface area contributed by atoms with Gasteiger partial charge in [-0.15, -0.1) is 11.3 Å². The van der Waals surface area contributed by atoms with Crippen LogP contribution in [-0.2, 0) is 4.79 Å². The first-order chi connectivity index (χ1) is 19.2. The molecule has 1 saturated heterocycles. The molecule has 5 rings (SSSR count). The van der Waals surface area contributed by atoms with Gasteiger partial charge in [0.1, 0.15) is 5.75 Å². The van der Waals surface area contributed by atoms with Gasteiger partial charge in [0.15, 0.2) is 0 Å². The largest absolute Gasteiger partial charge is 0.496 e. The van der Waals surface area contributed by atoms with Crippen LogP contribution in [0.15, 0.2) is 42.0 Å². The van der Waals surface area contributed by atoms with Gasteiger partial charge < -0.3 is 19.9 Å². The molecule has 0 radical (unpaired) electrons. The molecule has 2 aromatic heterocycles. The molecule has 3 aromatic rings. The number of nitrogens with one attached hydrogen (secondary N) is 1. The van der Waals surface area contributed by atoms with E-state index < -0.39 is 0 Å². The minimum absolute atomic E-state index is 0.0357. The third kappa shape index (κ3) is 5.76. The number of amides is 2. The van der Waals surface area contributed by atoms with Crippen LogP contribution in [0.5, 0.6) is 5.75 Å². The number of aromatic nitrogens is 2. The molecule has 2 fully saturated rings. The summed E-state index contributed by atoms with van der Waals surface area (Å²) in [6, 6.07) is 7.74. The molecule has 8 nitrogen and oxygen atoms in total. The second-order valence-corrected chi connectivity index (χ2v) is 12.6. The summed E-state index contributed by atoms with van der Waals surface area (Å²) in [5.74, 6) is 0.988. The lowest BCUT2D eigenvalue weighted by atomic mass is 9.67. The van der Waals surface area contributed by atoms with Gasteiger partial charge in [-0.25, -0.2) is 4.98 Å². The second kappa shape index (κ2) is 11.7. The normalized spacial score (nSPS) is 16.8. The number of rotatable bonds is 8. The van der Waals surface area contributed by atoms with Crippen molar-refractivity contribution >= 4 is 28.8 Å². The number of carbonyl (C=O) groups excluding carboxylic acids is 2. The fraction of sp³-hybridized carbons (Fsp3) is 0.484. The van der Waals surface area contributed by atoms with Crippen molar-refractivity contribution in [2.24, 2.45) is 11.3 Å². The molecule has 1 saturated carbocycles. The maximum atomic E-state index is 13.4. The standard InChI is InChI=1S/C31H39N5O3S/c1-31(2,21-7-6-8-21)30(38)33-22-16-28(40-19-22)26-18-32-17-25(34-26)20-9-10-24(27(15-20)39-5)29(37)36(4)23-11-13-35(3)14-12-23/h9-10,15-19,21,23H,6-8,11-14H2,1-5H3,(H,33,38). The quantitative estimate of drug-likeness (QED) is 0.373. The van der Waals surface area contributed by atoms with Crippen LogP contribution in [0.2, 0.25) is 0 Å². The van der Waals surface area contributed by atoms with Gasteiger partial charge in [-0.2, -0.15) is 0 Å². The van der Waals surface area contributed by atoms with E-state index in [-0.39, 0.29) is 23.3 Å². The van der Waals surface area contributed by atoms with Crippen LogP contribution >= 0.6 is 11.3 Å². The van der Waals surface area contributed by atoms with Crippen molar-refractivity contribution in [1.82, 2.24) is 19.8 Å². The maximum Gasteiger partial charge on any atom is 0.257 e. The summed E-state index contributed by atoms with van der Waals surface area (Å²) in [6.45, 7) is 6.05. The molecular formula is C31H39N5O3S. The third-order valence-electron chi connectivity index (χ3n) is 8.74. The minimum atomic E-state index is -0.380. The maximum absolute atomic E-state index is 13.4. The van der Waals surface area contributed by atoms with Crippen molar-refractivity contribution in [3.63, 3.8) is 0 Å². The zero-order valence-corrected chi connectivity index (χ0v) is 24.9. The molecule has 0 bridgehead atoms. The summed E-state index contributed by atoms with van der Waals surface area (Å²) in [5, 5.41) is 5.05. The highest BCUT2D eigenvalue weighted by molar-refractivity contribution is 7.14. The van der Waals surface area contributed by atoms with Crippen LogP contribution in [0.1, 0.15) is 56.3 Å². The molecule has 9 heteroatoms. The van der Waals surface area contributed by atoms with Crippen molar-refractivity contribution in [3.8, 4) is 27.6 Å². The Morgan fingerprint density at radius 2 is 1.82 bits per heavy atom. The molecule has 40 heavy (non-hydrogen) atoms.